The number of phenolic OH excluding ortho intramolecular Hbond substituents is 1. The third-order valence-corrected chi connectivity index (χ3v) is 1.87. The maximum Gasteiger partial charge on any atom is 0.115 e. The molecule has 1 atom stereocenters. The Bertz CT molecular complexity index is 269. The molecule has 0 saturated carbocycles. The second-order valence-electron chi connectivity index (χ2n) is 3.29. The lowest BCUT2D eigenvalue weighted by molar-refractivity contribution is 0.474. The summed E-state index contributed by atoms with van der Waals surface area (Å²) in [4.78, 5) is 0. The summed E-state index contributed by atoms with van der Waals surface area (Å²) in [6.07, 6.45) is 0.820. The van der Waals surface area contributed by atoms with E-state index in [1.807, 2.05) is 19.9 Å². The fourth-order valence-corrected chi connectivity index (χ4v) is 1.22. The Hall–Kier alpha value is -1.02. The van der Waals surface area contributed by atoms with E-state index in [1.54, 1.807) is 12.1 Å². The zero-order valence-corrected chi connectivity index (χ0v) is 7.54. The average molecular weight is 165 g/mol. The number of nitrogens with two attached hydrogens (primary N) is 1. The van der Waals surface area contributed by atoms with Crippen LogP contribution in [-0.2, 0) is 6.42 Å². The van der Waals surface area contributed by atoms with Crippen LogP contribution < -0.4 is 5.73 Å². The Morgan fingerprint density at radius 1 is 1.50 bits per heavy atom. The summed E-state index contributed by atoms with van der Waals surface area (Å²) in [7, 11) is 0. The van der Waals surface area contributed by atoms with Gasteiger partial charge in [-0.2, -0.15) is 0 Å². The van der Waals surface area contributed by atoms with Gasteiger partial charge < -0.3 is 10.8 Å². The molecule has 1 aromatic carbocycles. The van der Waals surface area contributed by atoms with Crippen molar-refractivity contribution in [1.82, 2.24) is 0 Å². The van der Waals surface area contributed by atoms with E-state index < -0.39 is 0 Å². The summed E-state index contributed by atoms with van der Waals surface area (Å²) in [6, 6.07) is 5.52. The zero-order chi connectivity index (χ0) is 9.14. The lowest BCUT2D eigenvalue weighted by Gasteiger charge is -2.08. The van der Waals surface area contributed by atoms with Gasteiger partial charge in [0.2, 0.25) is 0 Å². The van der Waals surface area contributed by atoms with E-state index in [0.717, 1.165) is 12.0 Å². The van der Waals surface area contributed by atoms with Crippen LogP contribution in [0.15, 0.2) is 18.2 Å². The van der Waals surface area contributed by atoms with Crippen molar-refractivity contribution in [2.45, 2.75) is 26.3 Å². The molecule has 0 fully saturated rings. The predicted octanol–water partition coefficient (Wildman–Crippen LogP) is 1.59. The Labute approximate surface area is 73.0 Å². The first-order valence-electron chi connectivity index (χ1n) is 4.13. The molecule has 1 rings (SSSR count). The first-order chi connectivity index (χ1) is 5.59. The van der Waals surface area contributed by atoms with Crippen LogP contribution in [-0.4, -0.2) is 11.1 Å². The predicted molar refractivity (Wildman–Crippen MR) is 50.2 cm³/mol. The summed E-state index contributed by atoms with van der Waals surface area (Å²) in [5, 5.41) is 9.21. The monoisotopic (exact) mass is 165 g/mol. The second kappa shape index (κ2) is 3.59. The van der Waals surface area contributed by atoms with Gasteiger partial charge in [-0.15, -0.1) is 0 Å². The normalized spacial score (nSPS) is 12.9. The van der Waals surface area contributed by atoms with Gasteiger partial charge >= 0.3 is 0 Å². The zero-order valence-electron chi connectivity index (χ0n) is 7.54. The van der Waals surface area contributed by atoms with Crippen LogP contribution in [0.3, 0.4) is 0 Å². The van der Waals surface area contributed by atoms with E-state index in [4.69, 9.17) is 5.73 Å². The van der Waals surface area contributed by atoms with E-state index >= 15 is 0 Å². The van der Waals surface area contributed by atoms with Crippen LogP contribution in [0.2, 0.25) is 0 Å². The Kier molecular flexibility index (Phi) is 2.71. The molecule has 0 saturated heterocycles. The molecular weight excluding hydrogens is 150 g/mol. The molecule has 0 radical (unpaired) electrons. The van der Waals surface area contributed by atoms with Crippen LogP contribution in [0.25, 0.3) is 0 Å². The quantitative estimate of drug-likeness (QED) is 0.699. The fourth-order valence-electron chi connectivity index (χ4n) is 1.22. The molecule has 66 valence electrons. The number of hydrogen-bond donors (Lipinski definition) is 2. The minimum absolute atomic E-state index is 0.144. The van der Waals surface area contributed by atoms with Gasteiger partial charge in [0, 0.05) is 6.04 Å². The summed E-state index contributed by atoms with van der Waals surface area (Å²) in [5.74, 6) is 0.316. The minimum Gasteiger partial charge on any atom is -0.508 e. The van der Waals surface area contributed by atoms with Gasteiger partial charge in [-0.3, -0.25) is 0 Å². The third-order valence-electron chi connectivity index (χ3n) is 1.87. The van der Waals surface area contributed by atoms with Crippen molar-refractivity contribution in [3.63, 3.8) is 0 Å². The number of hydrogen-bond acceptors (Lipinski definition) is 2. The molecule has 1 aromatic rings. The van der Waals surface area contributed by atoms with Gasteiger partial charge in [0.05, 0.1) is 0 Å². The van der Waals surface area contributed by atoms with Crippen molar-refractivity contribution in [1.29, 1.82) is 0 Å². The molecule has 12 heavy (non-hydrogen) atoms. The van der Waals surface area contributed by atoms with E-state index in [9.17, 15) is 5.11 Å². The molecule has 0 aromatic heterocycles. The van der Waals surface area contributed by atoms with Gasteiger partial charge in [-0.1, -0.05) is 6.07 Å². The Morgan fingerprint density at radius 2 is 2.17 bits per heavy atom. The lowest BCUT2D eigenvalue weighted by atomic mass is 10.0. The molecule has 0 aliphatic rings. The van der Waals surface area contributed by atoms with Crippen molar-refractivity contribution < 1.29 is 5.11 Å². The maximum absolute atomic E-state index is 9.21. The molecule has 2 heteroatoms. The number of aromatic hydroxyl groups is 1. The molecule has 0 heterocycles. The van der Waals surface area contributed by atoms with Crippen molar-refractivity contribution in [2.24, 2.45) is 5.73 Å². The number of phenols is 1. The Morgan fingerprint density at radius 3 is 2.75 bits per heavy atom. The van der Waals surface area contributed by atoms with Gasteiger partial charge in [-0.25, -0.2) is 0 Å². The molecule has 3 N–H and O–H groups in total. The second-order valence-corrected chi connectivity index (χ2v) is 3.29. The molecule has 0 amide bonds. The molecule has 0 aliphatic heterocycles. The van der Waals surface area contributed by atoms with Gasteiger partial charge in [0.25, 0.3) is 0 Å². The summed E-state index contributed by atoms with van der Waals surface area (Å²) < 4.78 is 0. The van der Waals surface area contributed by atoms with Crippen molar-refractivity contribution in [2.75, 3.05) is 0 Å². The summed E-state index contributed by atoms with van der Waals surface area (Å²) >= 11 is 0. The number of rotatable bonds is 2. The van der Waals surface area contributed by atoms with Crippen LogP contribution in [0.4, 0.5) is 0 Å². The first-order valence-corrected chi connectivity index (χ1v) is 4.13. The molecule has 0 unspecified atom stereocenters. The van der Waals surface area contributed by atoms with E-state index in [2.05, 4.69) is 0 Å². The largest absolute Gasteiger partial charge is 0.508 e. The van der Waals surface area contributed by atoms with Crippen LogP contribution in [0.5, 0.6) is 5.75 Å². The maximum atomic E-state index is 9.21. The van der Waals surface area contributed by atoms with Crippen molar-refractivity contribution in [3.05, 3.63) is 29.3 Å². The molecule has 0 spiro atoms. The molecule has 0 bridgehead atoms. The highest BCUT2D eigenvalue weighted by molar-refractivity contribution is 5.34. The van der Waals surface area contributed by atoms with Crippen molar-refractivity contribution >= 4 is 0 Å². The topological polar surface area (TPSA) is 46.2 Å². The lowest BCUT2D eigenvalue weighted by Crippen LogP contribution is -2.18. The average Bonchev–Trinajstić information content (AvgIpc) is 1.96. The first kappa shape index (κ1) is 9.07. The van der Waals surface area contributed by atoms with Crippen LogP contribution >= 0.6 is 0 Å². The van der Waals surface area contributed by atoms with E-state index in [0.29, 0.717) is 5.75 Å². The standard InChI is InChI=1S/C10H15NO/c1-7-3-4-10(12)6-9(7)5-8(2)11/h3-4,6,8,12H,5,11H2,1-2H3/t8-/m1/s1. The highest BCUT2D eigenvalue weighted by atomic mass is 16.3. The number of aryl methyl sites for hydroxylation is 1. The van der Waals surface area contributed by atoms with Crippen LogP contribution in [0, 0.1) is 6.92 Å². The van der Waals surface area contributed by atoms with Crippen LogP contribution in [0.1, 0.15) is 18.1 Å². The van der Waals surface area contributed by atoms with Crippen molar-refractivity contribution in [3.8, 4) is 5.75 Å². The molecular formula is C10H15NO. The summed E-state index contributed by atoms with van der Waals surface area (Å²) in [6.45, 7) is 3.99. The van der Waals surface area contributed by atoms with E-state index in [-0.39, 0.29) is 6.04 Å². The molecule has 0 aliphatic carbocycles. The highest BCUT2D eigenvalue weighted by Crippen LogP contribution is 2.16. The fraction of sp³-hybridized carbons (Fsp3) is 0.400. The Balaban J connectivity index is 2.90. The summed E-state index contributed by atoms with van der Waals surface area (Å²) in [5.41, 5.74) is 7.98. The third kappa shape index (κ3) is 2.24. The minimum atomic E-state index is 0.144. The van der Waals surface area contributed by atoms with E-state index in [1.165, 1.54) is 5.56 Å². The van der Waals surface area contributed by atoms with Gasteiger partial charge in [0.1, 0.15) is 5.75 Å². The molecule has 2 nitrogen and oxygen atoms in total. The number of benzene rings is 1. The smallest absolute Gasteiger partial charge is 0.115 e. The SMILES string of the molecule is Cc1ccc(O)cc1C[C@@H](C)N. The van der Waals surface area contributed by atoms with Gasteiger partial charge in [-0.05, 0) is 43.5 Å². The highest BCUT2D eigenvalue weighted by Gasteiger charge is 2.02. The van der Waals surface area contributed by atoms with Gasteiger partial charge in [0.15, 0.2) is 0 Å².